The number of aryl methyl sites for hydroxylation is 2. The van der Waals surface area contributed by atoms with Crippen LogP contribution in [-0.2, 0) is 0 Å². The van der Waals surface area contributed by atoms with Gasteiger partial charge in [0, 0.05) is 37.1 Å². The van der Waals surface area contributed by atoms with Crippen molar-refractivity contribution in [3.63, 3.8) is 0 Å². The van der Waals surface area contributed by atoms with Gasteiger partial charge in [0.15, 0.2) is 5.11 Å². The molecule has 0 bridgehead atoms. The van der Waals surface area contributed by atoms with Crippen molar-refractivity contribution in [2.75, 3.05) is 29.9 Å². The van der Waals surface area contributed by atoms with Crippen LogP contribution < -0.4 is 10.2 Å². The van der Waals surface area contributed by atoms with Gasteiger partial charge < -0.3 is 15.1 Å². The molecule has 0 aromatic heterocycles. The fourth-order valence-electron chi connectivity index (χ4n) is 3.19. The van der Waals surface area contributed by atoms with E-state index in [2.05, 4.69) is 84.4 Å². The van der Waals surface area contributed by atoms with E-state index in [0.29, 0.717) is 6.04 Å². The first-order valence-electron chi connectivity index (χ1n) is 8.49. The number of nitrogens with one attached hydrogen (secondary N) is 1. The van der Waals surface area contributed by atoms with Gasteiger partial charge in [-0.05, 0) is 62.8 Å². The number of hydrogen-bond donors (Lipinski definition) is 1. The predicted molar refractivity (Wildman–Crippen MR) is 107 cm³/mol. The SMILES string of the molecule is Cc1ccc(N2CCN(C(=S)Nc3cccc(C)c3)CC2C)cc1. The standard InChI is InChI=1S/C20H25N3S/c1-15-7-9-19(10-8-15)23-12-11-22(14-17(23)3)20(24)21-18-6-4-5-16(2)13-18/h4-10,13,17H,11-12,14H2,1-3H3,(H,21,24). The van der Waals surface area contributed by atoms with Gasteiger partial charge in [-0.2, -0.15) is 0 Å². The molecule has 0 saturated carbocycles. The highest BCUT2D eigenvalue weighted by molar-refractivity contribution is 7.80. The van der Waals surface area contributed by atoms with Crippen molar-refractivity contribution in [3.05, 3.63) is 59.7 Å². The third-order valence-electron chi connectivity index (χ3n) is 4.55. The zero-order valence-electron chi connectivity index (χ0n) is 14.6. The van der Waals surface area contributed by atoms with Gasteiger partial charge in [0.2, 0.25) is 0 Å². The average Bonchev–Trinajstić information content (AvgIpc) is 2.56. The maximum absolute atomic E-state index is 5.62. The highest BCUT2D eigenvalue weighted by Gasteiger charge is 2.25. The van der Waals surface area contributed by atoms with Crippen molar-refractivity contribution in [2.24, 2.45) is 0 Å². The van der Waals surface area contributed by atoms with Gasteiger partial charge >= 0.3 is 0 Å². The Balaban J connectivity index is 1.62. The Kier molecular flexibility index (Phi) is 5.05. The molecule has 1 heterocycles. The summed E-state index contributed by atoms with van der Waals surface area (Å²) in [4.78, 5) is 4.73. The molecule has 0 radical (unpaired) electrons. The summed E-state index contributed by atoms with van der Waals surface area (Å²) in [6.45, 7) is 9.35. The number of thiocarbonyl (C=S) groups is 1. The predicted octanol–water partition coefficient (Wildman–Crippen LogP) is 4.21. The fraction of sp³-hybridized carbons (Fsp3) is 0.350. The minimum absolute atomic E-state index is 0.429. The summed E-state index contributed by atoms with van der Waals surface area (Å²) < 4.78 is 0. The molecule has 4 heteroatoms. The molecule has 126 valence electrons. The smallest absolute Gasteiger partial charge is 0.173 e. The number of nitrogens with zero attached hydrogens (tertiary/aromatic N) is 2. The van der Waals surface area contributed by atoms with Gasteiger partial charge in [-0.15, -0.1) is 0 Å². The highest BCUT2D eigenvalue weighted by atomic mass is 32.1. The van der Waals surface area contributed by atoms with Crippen molar-refractivity contribution in [2.45, 2.75) is 26.8 Å². The van der Waals surface area contributed by atoms with Crippen LogP contribution >= 0.6 is 12.2 Å². The van der Waals surface area contributed by atoms with E-state index < -0.39 is 0 Å². The van der Waals surface area contributed by atoms with Crippen LogP contribution in [0.2, 0.25) is 0 Å². The topological polar surface area (TPSA) is 18.5 Å². The molecular weight excluding hydrogens is 314 g/mol. The summed E-state index contributed by atoms with van der Waals surface area (Å²) in [7, 11) is 0. The number of piperazine rings is 1. The van der Waals surface area contributed by atoms with Crippen LogP contribution in [0.5, 0.6) is 0 Å². The highest BCUT2D eigenvalue weighted by Crippen LogP contribution is 2.21. The van der Waals surface area contributed by atoms with Crippen molar-refractivity contribution in [1.29, 1.82) is 0 Å². The quantitative estimate of drug-likeness (QED) is 0.826. The maximum atomic E-state index is 5.62. The van der Waals surface area contributed by atoms with Crippen LogP contribution in [0.15, 0.2) is 48.5 Å². The Bertz CT molecular complexity index is 711. The molecule has 3 nitrogen and oxygen atoms in total. The molecule has 0 aliphatic carbocycles. The average molecular weight is 340 g/mol. The lowest BCUT2D eigenvalue weighted by atomic mass is 10.1. The Hall–Kier alpha value is -2.07. The van der Waals surface area contributed by atoms with Gasteiger partial charge in [-0.25, -0.2) is 0 Å². The lowest BCUT2D eigenvalue weighted by Gasteiger charge is -2.42. The molecule has 0 spiro atoms. The van der Waals surface area contributed by atoms with Gasteiger partial charge in [-0.3, -0.25) is 0 Å². The van der Waals surface area contributed by atoms with E-state index in [1.54, 1.807) is 0 Å². The van der Waals surface area contributed by atoms with Gasteiger partial charge in [0.05, 0.1) is 0 Å². The van der Waals surface area contributed by atoms with Crippen LogP contribution in [0.25, 0.3) is 0 Å². The Morgan fingerprint density at radius 2 is 1.79 bits per heavy atom. The molecule has 24 heavy (non-hydrogen) atoms. The zero-order valence-corrected chi connectivity index (χ0v) is 15.4. The molecule has 1 aliphatic heterocycles. The third-order valence-corrected chi connectivity index (χ3v) is 4.91. The summed E-state index contributed by atoms with van der Waals surface area (Å²) in [5, 5.41) is 4.19. The minimum Gasteiger partial charge on any atom is -0.365 e. The third kappa shape index (κ3) is 3.88. The van der Waals surface area contributed by atoms with Crippen molar-refractivity contribution in [1.82, 2.24) is 4.90 Å². The first-order valence-corrected chi connectivity index (χ1v) is 8.89. The lowest BCUT2D eigenvalue weighted by molar-refractivity contribution is 0.342. The van der Waals surface area contributed by atoms with E-state index >= 15 is 0 Å². The summed E-state index contributed by atoms with van der Waals surface area (Å²) in [6, 6.07) is 17.5. The number of anilines is 2. The van der Waals surface area contributed by atoms with E-state index in [1.165, 1.54) is 16.8 Å². The molecule has 1 unspecified atom stereocenters. The van der Waals surface area contributed by atoms with Gasteiger partial charge in [0.25, 0.3) is 0 Å². The summed E-state index contributed by atoms with van der Waals surface area (Å²) in [5.41, 5.74) is 4.90. The molecule has 1 aliphatic rings. The minimum atomic E-state index is 0.429. The molecule has 1 fully saturated rings. The first kappa shape index (κ1) is 16.8. The molecule has 0 amide bonds. The Morgan fingerprint density at radius 3 is 2.46 bits per heavy atom. The zero-order chi connectivity index (χ0) is 17.1. The van der Waals surface area contributed by atoms with E-state index in [0.717, 1.165) is 30.4 Å². The summed E-state index contributed by atoms with van der Waals surface area (Å²) >= 11 is 5.62. The van der Waals surface area contributed by atoms with Crippen LogP contribution in [0.3, 0.4) is 0 Å². The van der Waals surface area contributed by atoms with Crippen molar-refractivity contribution < 1.29 is 0 Å². The van der Waals surface area contributed by atoms with E-state index in [4.69, 9.17) is 12.2 Å². The summed E-state index contributed by atoms with van der Waals surface area (Å²) in [5.74, 6) is 0. The van der Waals surface area contributed by atoms with Gasteiger partial charge in [0.1, 0.15) is 0 Å². The second-order valence-electron chi connectivity index (χ2n) is 6.62. The molecule has 1 atom stereocenters. The second-order valence-corrected chi connectivity index (χ2v) is 7.01. The van der Waals surface area contributed by atoms with Crippen LogP contribution in [0.4, 0.5) is 11.4 Å². The van der Waals surface area contributed by atoms with Crippen LogP contribution in [0.1, 0.15) is 18.1 Å². The second kappa shape index (κ2) is 7.22. The van der Waals surface area contributed by atoms with Crippen LogP contribution in [-0.4, -0.2) is 35.7 Å². The fourth-order valence-corrected chi connectivity index (χ4v) is 3.47. The maximum Gasteiger partial charge on any atom is 0.173 e. The molecule has 1 N–H and O–H groups in total. The molecular formula is C20H25N3S. The normalized spacial score (nSPS) is 17.7. The number of benzene rings is 2. The molecule has 3 rings (SSSR count). The number of hydrogen-bond acceptors (Lipinski definition) is 2. The van der Waals surface area contributed by atoms with E-state index in [1.807, 2.05) is 0 Å². The number of rotatable bonds is 2. The first-order chi connectivity index (χ1) is 11.5. The molecule has 2 aromatic rings. The Labute approximate surface area is 150 Å². The van der Waals surface area contributed by atoms with E-state index in [-0.39, 0.29) is 0 Å². The Morgan fingerprint density at radius 1 is 1.04 bits per heavy atom. The van der Waals surface area contributed by atoms with Gasteiger partial charge in [-0.1, -0.05) is 29.8 Å². The summed E-state index contributed by atoms with van der Waals surface area (Å²) in [6.07, 6.45) is 0. The van der Waals surface area contributed by atoms with Crippen molar-refractivity contribution >= 4 is 28.7 Å². The van der Waals surface area contributed by atoms with E-state index in [9.17, 15) is 0 Å². The molecule has 1 saturated heterocycles. The monoisotopic (exact) mass is 339 g/mol. The molecule has 2 aromatic carbocycles. The lowest BCUT2D eigenvalue weighted by Crippen LogP contribution is -2.54. The van der Waals surface area contributed by atoms with Crippen molar-refractivity contribution in [3.8, 4) is 0 Å². The largest absolute Gasteiger partial charge is 0.365 e. The van der Waals surface area contributed by atoms with Crippen LogP contribution in [0, 0.1) is 13.8 Å².